The molecule has 7 heterocycles. The average Bonchev–Trinajstić information content (AvgIpc) is 3.78. The molecule has 10 atom stereocenters. The summed E-state index contributed by atoms with van der Waals surface area (Å²) in [6.45, 7) is -1.86. The molecule has 0 saturated carbocycles. The van der Waals surface area contributed by atoms with Crippen molar-refractivity contribution in [2.75, 3.05) is 24.7 Å². The second-order valence-corrected chi connectivity index (χ2v) is 14.3. The number of nitrogens with one attached hydrogen (secondary N) is 1. The lowest BCUT2D eigenvalue weighted by atomic mass is 9.93. The molecule has 2 bridgehead atoms. The number of hydrogen-bond donors (Lipinski definition) is 6. The van der Waals surface area contributed by atoms with E-state index < -0.39 is 102 Å². The highest BCUT2D eigenvalue weighted by atomic mass is 31.2. The topological polar surface area (TPSA) is 309 Å². The van der Waals surface area contributed by atoms with Gasteiger partial charge in [-0.15, -0.1) is 0 Å². The van der Waals surface area contributed by atoms with Crippen LogP contribution < -0.4 is 17.0 Å². The number of nitrogens with two attached hydrogens (primary N) is 2. The Bertz CT molecular complexity index is 2080. The van der Waals surface area contributed by atoms with E-state index in [-0.39, 0.29) is 34.1 Å². The molecule has 50 heavy (non-hydrogen) atoms. The van der Waals surface area contributed by atoms with Crippen LogP contribution in [0.1, 0.15) is 25.3 Å². The Balaban J connectivity index is 1.24. The Kier molecular flexibility index (Phi) is 8.75. The number of aromatic nitrogens is 8. The van der Waals surface area contributed by atoms with Crippen LogP contribution in [0.4, 0.5) is 24.9 Å². The third-order valence-electron chi connectivity index (χ3n) is 8.27. The second-order valence-electron chi connectivity index (χ2n) is 11.5. The van der Waals surface area contributed by atoms with Crippen molar-refractivity contribution < 1.29 is 64.8 Å². The summed E-state index contributed by atoms with van der Waals surface area (Å²) in [6, 6.07) is 0. The zero-order valence-electron chi connectivity index (χ0n) is 25.0. The Labute approximate surface area is 275 Å². The maximum absolute atomic E-state index is 13.5. The number of aromatic amines is 1. The Morgan fingerprint density at radius 2 is 1.52 bits per heavy atom. The predicted octanol–water partition coefficient (Wildman–Crippen LogP) is 0.256. The van der Waals surface area contributed by atoms with Crippen molar-refractivity contribution in [1.29, 1.82) is 0 Å². The molecule has 4 aromatic rings. The number of aliphatic hydroxyl groups is 1. The van der Waals surface area contributed by atoms with Crippen LogP contribution in [0.25, 0.3) is 22.3 Å². The van der Waals surface area contributed by atoms with Gasteiger partial charge in [-0.3, -0.25) is 37.0 Å². The lowest BCUT2D eigenvalue weighted by Crippen LogP contribution is -2.36. The van der Waals surface area contributed by atoms with Gasteiger partial charge in [0, 0.05) is 12.3 Å². The number of anilines is 2. The van der Waals surface area contributed by atoms with E-state index in [1.54, 1.807) is 0 Å². The summed E-state index contributed by atoms with van der Waals surface area (Å²) in [5.74, 6) is -1.83. The number of ether oxygens (including phenoxy) is 2. The van der Waals surface area contributed by atoms with Crippen molar-refractivity contribution >= 4 is 49.7 Å². The van der Waals surface area contributed by atoms with Gasteiger partial charge in [-0.2, -0.15) is 18.2 Å². The molecule has 8 N–H and O–H groups in total. The van der Waals surface area contributed by atoms with Gasteiger partial charge in [-0.05, 0) is 6.42 Å². The number of phosphoric ester groups is 2. The zero-order valence-corrected chi connectivity index (χ0v) is 26.8. The van der Waals surface area contributed by atoms with Gasteiger partial charge in [0.15, 0.2) is 35.1 Å². The van der Waals surface area contributed by atoms with Crippen molar-refractivity contribution in [3.05, 3.63) is 29.3 Å². The van der Waals surface area contributed by atoms with E-state index in [0.29, 0.717) is 0 Å². The van der Waals surface area contributed by atoms with Gasteiger partial charge in [0.2, 0.25) is 5.95 Å². The van der Waals surface area contributed by atoms with Gasteiger partial charge in [0.05, 0.1) is 32.0 Å². The van der Waals surface area contributed by atoms with Gasteiger partial charge >= 0.3 is 21.8 Å². The van der Waals surface area contributed by atoms with E-state index in [2.05, 4.69) is 29.9 Å². The summed E-state index contributed by atoms with van der Waals surface area (Å²) in [7, 11) is -10.5. The molecule has 3 aliphatic rings. The van der Waals surface area contributed by atoms with E-state index >= 15 is 0 Å². The van der Waals surface area contributed by atoms with Gasteiger partial charge in [-0.1, -0.05) is 0 Å². The van der Waals surface area contributed by atoms with Crippen LogP contribution in [0.15, 0.2) is 23.8 Å². The minimum absolute atomic E-state index is 0.00608. The summed E-state index contributed by atoms with van der Waals surface area (Å²) in [5, 5.41) is 11.2. The maximum Gasteiger partial charge on any atom is 0.472 e. The molecular formula is C23H27F3N10O12P2. The number of aliphatic hydroxyl groups excluding tert-OH is 1. The van der Waals surface area contributed by atoms with E-state index in [1.165, 1.54) is 10.9 Å². The fourth-order valence-corrected chi connectivity index (χ4v) is 8.01. The number of halogens is 3. The van der Waals surface area contributed by atoms with Crippen LogP contribution in [0.3, 0.4) is 0 Å². The molecule has 3 aliphatic heterocycles. The molecule has 0 radical (unpaired) electrons. The van der Waals surface area contributed by atoms with Gasteiger partial charge in [0.25, 0.3) is 5.56 Å². The predicted molar refractivity (Wildman–Crippen MR) is 156 cm³/mol. The molecule has 0 amide bonds. The SMILES string of the molecule is Nc1nc2c(ncn2C2OC3COP(=O)(O)OC4C(COP(=O)(O)OC2C3CCC(F)(F)F)OC(n2cnc3c(N)ncnc32)C4O)c(=O)[nH]1. The van der Waals surface area contributed by atoms with E-state index in [1.807, 2.05) is 0 Å². The molecule has 7 rings (SSSR count). The van der Waals surface area contributed by atoms with Crippen molar-refractivity contribution in [1.82, 2.24) is 39.0 Å². The van der Waals surface area contributed by atoms with Crippen LogP contribution in [0, 0.1) is 5.92 Å². The lowest BCUT2D eigenvalue weighted by Gasteiger charge is -2.27. The molecule has 4 aromatic heterocycles. The number of nitrogen functional groups attached to an aromatic ring is 2. The van der Waals surface area contributed by atoms with Crippen molar-refractivity contribution in [2.45, 2.75) is 62.0 Å². The van der Waals surface area contributed by atoms with Crippen LogP contribution in [-0.2, 0) is 36.7 Å². The molecule has 0 aromatic carbocycles. The smallest absolute Gasteiger partial charge is 0.386 e. The summed E-state index contributed by atoms with van der Waals surface area (Å²) < 4.78 is 102. The minimum Gasteiger partial charge on any atom is -0.386 e. The summed E-state index contributed by atoms with van der Waals surface area (Å²) in [6.07, 6.45) is -15.1. The fraction of sp³-hybridized carbons (Fsp3) is 0.565. The molecule has 27 heteroatoms. The molecule has 0 spiro atoms. The number of alkyl halides is 3. The van der Waals surface area contributed by atoms with Crippen LogP contribution in [0.5, 0.6) is 0 Å². The third kappa shape index (κ3) is 6.62. The summed E-state index contributed by atoms with van der Waals surface area (Å²) in [4.78, 5) is 56.2. The number of nitrogens with zero attached hydrogens (tertiary/aromatic N) is 7. The molecule has 0 aliphatic carbocycles. The average molecular weight is 754 g/mol. The van der Waals surface area contributed by atoms with Gasteiger partial charge in [-0.25, -0.2) is 29.1 Å². The first-order valence-corrected chi connectivity index (χ1v) is 17.5. The first-order valence-electron chi connectivity index (χ1n) is 14.5. The van der Waals surface area contributed by atoms with Gasteiger partial charge < -0.3 is 35.8 Å². The highest BCUT2D eigenvalue weighted by Crippen LogP contribution is 2.55. The number of H-pyrrole nitrogens is 1. The highest BCUT2D eigenvalue weighted by molar-refractivity contribution is 7.47. The molecule has 22 nitrogen and oxygen atoms in total. The summed E-state index contributed by atoms with van der Waals surface area (Å²) >= 11 is 0. The summed E-state index contributed by atoms with van der Waals surface area (Å²) in [5.41, 5.74) is 10.4. The maximum atomic E-state index is 13.5. The Morgan fingerprint density at radius 3 is 2.22 bits per heavy atom. The molecule has 3 saturated heterocycles. The zero-order chi connectivity index (χ0) is 35.7. The number of hydrogen-bond acceptors (Lipinski definition) is 17. The Morgan fingerprint density at radius 1 is 0.900 bits per heavy atom. The lowest BCUT2D eigenvalue weighted by molar-refractivity contribution is -0.139. The van der Waals surface area contributed by atoms with Crippen LogP contribution in [-0.4, -0.2) is 104 Å². The third-order valence-corrected chi connectivity index (χ3v) is 10.2. The largest absolute Gasteiger partial charge is 0.472 e. The minimum atomic E-state index is -5.30. The molecule has 272 valence electrons. The standard InChI is InChI=1S/C23H27F3N10O12P2/c24-23(25,26)2-1-8-9-3-43-50(41,42)48-15-10(46-20(13(15)37)35-6-31-11-16(27)29-5-30-17(11)35)4-44-49(39,40)47-14(8)21(45-9)36-7-32-12-18(36)33-22(28)34-19(12)38/h5-10,13-15,20-21,37H,1-4H2,(H,39,40)(H,41,42)(H2,27,29,30)(H3,28,33,34,38). The quantitative estimate of drug-likeness (QED) is 0.152. The Hall–Kier alpha value is -3.61. The molecule has 10 unspecified atom stereocenters. The highest BCUT2D eigenvalue weighted by Gasteiger charge is 2.54. The van der Waals surface area contributed by atoms with Crippen LogP contribution >= 0.6 is 15.6 Å². The fourth-order valence-electron chi connectivity index (χ4n) is 6.08. The van der Waals surface area contributed by atoms with E-state index in [9.17, 15) is 42.0 Å². The van der Waals surface area contributed by atoms with E-state index in [0.717, 1.165) is 17.2 Å². The molecule has 3 fully saturated rings. The monoisotopic (exact) mass is 754 g/mol. The van der Waals surface area contributed by atoms with E-state index in [4.69, 9.17) is 39.0 Å². The van der Waals surface area contributed by atoms with Crippen LogP contribution in [0.2, 0.25) is 0 Å². The second kappa shape index (κ2) is 12.6. The van der Waals surface area contributed by atoms with Crippen molar-refractivity contribution in [3.63, 3.8) is 0 Å². The number of fused-ring (bicyclic) bond motifs is 5. The van der Waals surface area contributed by atoms with Crippen molar-refractivity contribution in [2.24, 2.45) is 5.92 Å². The number of phosphoric acid groups is 2. The first kappa shape index (κ1) is 34.8. The molecular weight excluding hydrogens is 727 g/mol. The normalized spacial score (nSPS) is 35.5. The van der Waals surface area contributed by atoms with Crippen molar-refractivity contribution in [3.8, 4) is 0 Å². The first-order chi connectivity index (χ1) is 23.5. The number of rotatable bonds is 4. The number of imidazole rings is 2. The van der Waals surface area contributed by atoms with Gasteiger partial charge in [0.1, 0.15) is 36.3 Å².